The van der Waals surface area contributed by atoms with E-state index < -0.39 is 0 Å². The van der Waals surface area contributed by atoms with Crippen molar-refractivity contribution in [3.05, 3.63) is 45.3 Å². The van der Waals surface area contributed by atoms with Gasteiger partial charge in [0.2, 0.25) is 5.91 Å². The first kappa shape index (κ1) is 16.7. The fraction of sp³-hybridized carbons (Fsp3) is 0.368. The summed E-state index contributed by atoms with van der Waals surface area (Å²) in [6.45, 7) is 7.94. The van der Waals surface area contributed by atoms with E-state index in [2.05, 4.69) is 22.8 Å². The van der Waals surface area contributed by atoms with Gasteiger partial charge in [-0.1, -0.05) is 17.7 Å². The van der Waals surface area contributed by atoms with E-state index in [9.17, 15) is 9.59 Å². The normalized spacial score (nSPS) is 13.7. The molecule has 0 unspecified atom stereocenters. The summed E-state index contributed by atoms with van der Waals surface area (Å²) in [4.78, 5) is 25.2. The molecule has 126 valence electrons. The summed E-state index contributed by atoms with van der Waals surface area (Å²) in [5, 5.41) is 6.68. The van der Waals surface area contributed by atoms with E-state index in [4.69, 9.17) is 0 Å². The summed E-state index contributed by atoms with van der Waals surface area (Å²) in [6, 6.07) is 5.99. The van der Waals surface area contributed by atoms with Gasteiger partial charge in [-0.2, -0.15) is 0 Å². The Balaban J connectivity index is 1.78. The van der Waals surface area contributed by atoms with Crippen LogP contribution in [0.5, 0.6) is 0 Å². The molecule has 2 N–H and O–H groups in total. The summed E-state index contributed by atoms with van der Waals surface area (Å²) in [6.07, 6.45) is 1.94. The Kier molecular flexibility index (Phi) is 4.45. The second-order valence-corrected chi connectivity index (χ2v) is 7.67. The van der Waals surface area contributed by atoms with Crippen molar-refractivity contribution in [1.82, 2.24) is 0 Å². The van der Waals surface area contributed by atoms with Gasteiger partial charge in [0.15, 0.2) is 0 Å². The molecule has 1 aromatic carbocycles. The number of carbonyl (C=O) groups excluding carboxylic acids is 2. The summed E-state index contributed by atoms with van der Waals surface area (Å²) in [7, 11) is 0. The minimum absolute atomic E-state index is 0.0634. The van der Waals surface area contributed by atoms with Crippen LogP contribution in [0.2, 0.25) is 0 Å². The van der Waals surface area contributed by atoms with Crippen LogP contribution in [0, 0.1) is 33.6 Å². The van der Waals surface area contributed by atoms with Crippen molar-refractivity contribution in [3.63, 3.8) is 0 Å². The summed E-state index contributed by atoms with van der Waals surface area (Å²) < 4.78 is 0. The van der Waals surface area contributed by atoms with Gasteiger partial charge in [-0.25, -0.2) is 0 Å². The van der Waals surface area contributed by atoms with Crippen LogP contribution in [0.15, 0.2) is 18.2 Å². The zero-order chi connectivity index (χ0) is 17.4. The number of carbonyl (C=O) groups is 2. The molecule has 2 amide bonds. The highest BCUT2D eigenvalue weighted by atomic mass is 32.1. The van der Waals surface area contributed by atoms with Gasteiger partial charge < -0.3 is 10.6 Å². The van der Waals surface area contributed by atoms with Crippen LogP contribution in [0.4, 0.5) is 10.7 Å². The van der Waals surface area contributed by atoms with Crippen LogP contribution in [0.1, 0.15) is 44.8 Å². The monoisotopic (exact) mass is 342 g/mol. The molecule has 1 aliphatic carbocycles. The fourth-order valence-electron chi connectivity index (χ4n) is 2.89. The second-order valence-electron chi connectivity index (χ2n) is 6.61. The quantitative estimate of drug-likeness (QED) is 0.854. The lowest BCUT2D eigenvalue weighted by molar-refractivity contribution is -0.117. The van der Waals surface area contributed by atoms with E-state index in [1.165, 1.54) is 16.9 Å². The second kappa shape index (κ2) is 6.40. The molecule has 2 aromatic rings. The molecule has 5 heteroatoms. The Labute approximate surface area is 146 Å². The molecule has 1 aromatic heterocycles. The van der Waals surface area contributed by atoms with E-state index >= 15 is 0 Å². The van der Waals surface area contributed by atoms with Gasteiger partial charge in [-0.05, 0) is 63.3 Å². The topological polar surface area (TPSA) is 58.2 Å². The maximum absolute atomic E-state index is 12.7. The van der Waals surface area contributed by atoms with Gasteiger partial charge in [0.05, 0.1) is 9.88 Å². The molecule has 24 heavy (non-hydrogen) atoms. The van der Waals surface area contributed by atoms with Crippen LogP contribution in [0.25, 0.3) is 0 Å². The molecule has 1 fully saturated rings. The predicted molar refractivity (Wildman–Crippen MR) is 99.0 cm³/mol. The smallest absolute Gasteiger partial charge is 0.266 e. The van der Waals surface area contributed by atoms with Crippen LogP contribution < -0.4 is 10.6 Å². The molecule has 1 saturated carbocycles. The largest absolute Gasteiger partial charge is 0.321 e. The van der Waals surface area contributed by atoms with E-state index in [1.54, 1.807) is 0 Å². The van der Waals surface area contributed by atoms with E-state index in [-0.39, 0.29) is 17.7 Å². The lowest BCUT2D eigenvalue weighted by atomic mass is 10.0. The van der Waals surface area contributed by atoms with Gasteiger partial charge in [-0.15, -0.1) is 11.3 Å². The van der Waals surface area contributed by atoms with E-state index in [0.29, 0.717) is 4.88 Å². The number of nitrogens with one attached hydrogen (secondary N) is 2. The van der Waals surface area contributed by atoms with Gasteiger partial charge in [0.25, 0.3) is 5.91 Å². The maximum Gasteiger partial charge on any atom is 0.266 e. The average molecular weight is 342 g/mol. The van der Waals surface area contributed by atoms with Gasteiger partial charge in [0.1, 0.15) is 0 Å². The molecular formula is C19H22N2O2S. The lowest BCUT2D eigenvalue weighted by Gasteiger charge is -2.12. The van der Waals surface area contributed by atoms with Gasteiger partial charge in [0, 0.05) is 11.6 Å². The van der Waals surface area contributed by atoms with Crippen LogP contribution in [0.3, 0.4) is 0 Å². The average Bonchev–Trinajstić information content (AvgIpc) is 3.27. The molecule has 1 aliphatic rings. The SMILES string of the molecule is Cc1cc(C)c(NC(=O)c2sc(NC(=O)C3CC3)cc2C)c(C)c1. The third-order valence-electron chi connectivity index (χ3n) is 4.23. The first-order chi connectivity index (χ1) is 11.3. The van der Waals surface area contributed by atoms with E-state index in [0.717, 1.165) is 40.2 Å². The van der Waals surface area contributed by atoms with Crippen molar-refractivity contribution in [2.45, 2.75) is 40.5 Å². The summed E-state index contributed by atoms with van der Waals surface area (Å²) in [5.74, 6) is 0.0930. The third-order valence-corrected chi connectivity index (χ3v) is 5.39. The number of rotatable bonds is 4. The Morgan fingerprint density at radius 1 is 0.958 bits per heavy atom. The molecule has 0 bridgehead atoms. The molecule has 4 nitrogen and oxygen atoms in total. The standard InChI is InChI=1S/C19H22N2O2S/c1-10-7-11(2)16(12(3)8-10)21-19(23)17-13(4)9-15(24-17)20-18(22)14-5-6-14/h7-9,14H,5-6H2,1-4H3,(H,20,22)(H,21,23). The number of hydrogen-bond donors (Lipinski definition) is 2. The van der Waals surface area contributed by atoms with Crippen LogP contribution in [-0.2, 0) is 4.79 Å². The van der Waals surface area contributed by atoms with Crippen molar-refractivity contribution in [2.24, 2.45) is 5.92 Å². The highest BCUT2D eigenvalue weighted by Crippen LogP contribution is 2.33. The number of aryl methyl sites for hydroxylation is 4. The number of anilines is 2. The minimum Gasteiger partial charge on any atom is -0.321 e. The van der Waals surface area contributed by atoms with Crippen molar-refractivity contribution in [2.75, 3.05) is 10.6 Å². The summed E-state index contributed by atoms with van der Waals surface area (Å²) in [5.41, 5.74) is 5.03. The number of hydrogen-bond acceptors (Lipinski definition) is 3. The van der Waals surface area contributed by atoms with Crippen LogP contribution >= 0.6 is 11.3 Å². The van der Waals surface area contributed by atoms with Crippen LogP contribution in [-0.4, -0.2) is 11.8 Å². The Hall–Kier alpha value is -2.14. The zero-order valence-corrected chi connectivity index (χ0v) is 15.3. The number of amides is 2. The summed E-state index contributed by atoms with van der Waals surface area (Å²) >= 11 is 1.33. The Morgan fingerprint density at radius 3 is 2.17 bits per heavy atom. The Morgan fingerprint density at radius 2 is 1.58 bits per heavy atom. The molecule has 0 radical (unpaired) electrons. The highest BCUT2D eigenvalue weighted by Gasteiger charge is 2.30. The molecule has 0 spiro atoms. The molecule has 0 aliphatic heterocycles. The maximum atomic E-state index is 12.7. The third kappa shape index (κ3) is 3.51. The molecule has 1 heterocycles. The fourth-order valence-corrected chi connectivity index (χ4v) is 3.86. The predicted octanol–water partition coefficient (Wildman–Crippen LogP) is 4.58. The van der Waals surface area contributed by atoms with Gasteiger partial charge >= 0.3 is 0 Å². The van der Waals surface area contributed by atoms with E-state index in [1.807, 2.05) is 33.8 Å². The van der Waals surface area contributed by atoms with Crippen molar-refractivity contribution >= 4 is 33.8 Å². The van der Waals surface area contributed by atoms with Gasteiger partial charge in [-0.3, -0.25) is 9.59 Å². The zero-order valence-electron chi connectivity index (χ0n) is 14.4. The van der Waals surface area contributed by atoms with Crippen molar-refractivity contribution < 1.29 is 9.59 Å². The van der Waals surface area contributed by atoms with Crippen molar-refractivity contribution in [1.29, 1.82) is 0 Å². The molecule has 0 saturated heterocycles. The lowest BCUT2D eigenvalue weighted by Crippen LogP contribution is -2.13. The number of benzene rings is 1. The molecule has 0 atom stereocenters. The molecular weight excluding hydrogens is 320 g/mol. The molecule has 3 rings (SSSR count). The number of thiophene rings is 1. The first-order valence-electron chi connectivity index (χ1n) is 8.15. The van der Waals surface area contributed by atoms with Crippen molar-refractivity contribution in [3.8, 4) is 0 Å². The minimum atomic E-state index is -0.125. The first-order valence-corrected chi connectivity index (χ1v) is 8.97. The highest BCUT2D eigenvalue weighted by molar-refractivity contribution is 7.18. The Bertz CT molecular complexity index is 796.